The second-order valence-electron chi connectivity index (χ2n) is 4.48. The fourth-order valence-electron chi connectivity index (χ4n) is 2.16. The van der Waals surface area contributed by atoms with Crippen molar-refractivity contribution >= 4 is 0 Å². The third kappa shape index (κ3) is 2.24. The molecule has 5 heteroatoms. The summed E-state index contributed by atoms with van der Waals surface area (Å²) in [6.45, 7) is 2.60. The van der Waals surface area contributed by atoms with Gasteiger partial charge in [0.25, 0.3) is 0 Å². The molecular formula is C11H21N5. The average molecular weight is 223 g/mol. The van der Waals surface area contributed by atoms with E-state index in [9.17, 15) is 0 Å². The first-order chi connectivity index (χ1) is 7.70. The number of hydrogen-bond acceptors (Lipinski definition) is 5. The molecule has 2 rings (SSSR count). The number of hydrogen-bond donors (Lipinski definition) is 1. The van der Waals surface area contributed by atoms with Crippen LogP contribution < -0.4 is 5.73 Å². The Morgan fingerprint density at radius 3 is 1.81 bits per heavy atom. The van der Waals surface area contributed by atoms with Gasteiger partial charge in [0.2, 0.25) is 0 Å². The van der Waals surface area contributed by atoms with Gasteiger partial charge in [0.05, 0.1) is 13.3 Å². The SMILES string of the molecule is CN1C=CN(C(CCN)N2C=CN(C)C2)C1. The van der Waals surface area contributed by atoms with Crippen molar-refractivity contribution in [1.29, 1.82) is 0 Å². The first kappa shape index (κ1) is 11.1. The Morgan fingerprint density at radius 2 is 1.50 bits per heavy atom. The number of rotatable bonds is 4. The lowest BCUT2D eigenvalue weighted by Gasteiger charge is -2.36. The molecule has 0 spiro atoms. The van der Waals surface area contributed by atoms with Crippen molar-refractivity contribution in [3.8, 4) is 0 Å². The summed E-state index contributed by atoms with van der Waals surface area (Å²) in [5.41, 5.74) is 5.71. The molecule has 2 heterocycles. The first-order valence-electron chi connectivity index (χ1n) is 5.69. The van der Waals surface area contributed by atoms with Gasteiger partial charge in [-0.15, -0.1) is 0 Å². The van der Waals surface area contributed by atoms with Gasteiger partial charge in [0.15, 0.2) is 0 Å². The molecular weight excluding hydrogens is 202 g/mol. The molecule has 0 saturated heterocycles. The Labute approximate surface area is 97.4 Å². The highest BCUT2D eigenvalue weighted by Crippen LogP contribution is 2.18. The van der Waals surface area contributed by atoms with Gasteiger partial charge in [-0.05, 0) is 13.0 Å². The highest BCUT2D eigenvalue weighted by atomic mass is 15.5. The van der Waals surface area contributed by atoms with Crippen molar-refractivity contribution < 1.29 is 0 Å². The molecule has 0 atom stereocenters. The molecule has 0 aromatic carbocycles. The van der Waals surface area contributed by atoms with Gasteiger partial charge in [-0.25, -0.2) is 0 Å². The molecule has 0 fully saturated rings. The quantitative estimate of drug-likeness (QED) is 0.727. The Balaban J connectivity index is 2.00. The highest BCUT2D eigenvalue weighted by Gasteiger charge is 2.25. The topological polar surface area (TPSA) is 39.0 Å². The van der Waals surface area contributed by atoms with Crippen molar-refractivity contribution in [3.63, 3.8) is 0 Å². The summed E-state index contributed by atoms with van der Waals surface area (Å²) in [6, 6.07) is 0. The van der Waals surface area contributed by atoms with Crippen LogP contribution >= 0.6 is 0 Å². The van der Waals surface area contributed by atoms with Gasteiger partial charge in [-0.2, -0.15) is 0 Å². The maximum atomic E-state index is 5.71. The van der Waals surface area contributed by atoms with Crippen LogP contribution in [0.2, 0.25) is 0 Å². The predicted molar refractivity (Wildman–Crippen MR) is 64.7 cm³/mol. The summed E-state index contributed by atoms with van der Waals surface area (Å²) < 4.78 is 0. The van der Waals surface area contributed by atoms with Crippen molar-refractivity contribution in [2.75, 3.05) is 34.0 Å². The lowest BCUT2D eigenvalue weighted by molar-refractivity contribution is 0.0860. The minimum Gasteiger partial charge on any atom is -0.362 e. The zero-order valence-corrected chi connectivity index (χ0v) is 10.1. The fraction of sp³-hybridized carbons (Fsp3) is 0.636. The maximum absolute atomic E-state index is 5.71. The van der Waals surface area contributed by atoms with Gasteiger partial charge in [-0.1, -0.05) is 0 Å². The van der Waals surface area contributed by atoms with E-state index in [-0.39, 0.29) is 0 Å². The molecule has 0 saturated carbocycles. The van der Waals surface area contributed by atoms with E-state index in [1.54, 1.807) is 0 Å². The van der Waals surface area contributed by atoms with E-state index in [0.717, 1.165) is 19.8 Å². The summed E-state index contributed by atoms with van der Waals surface area (Å²) >= 11 is 0. The van der Waals surface area contributed by atoms with Crippen molar-refractivity contribution in [3.05, 3.63) is 24.8 Å². The molecule has 0 unspecified atom stereocenters. The monoisotopic (exact) mass is 223 g/mol. The van der Waals surface area contributed by atoms with E-state index in [2.05, 4.69) is 58.5 Å². The summed E-state index contributed by atoms with van der Waals surface area (Å²) in [4.78, 5) is 9.01. The molecule has 0 aromatic rings. The lowest BCUT2D eigenvalue weighted by Crippen LogP contribution is -2.46. The third-order valence-electron chi connectivity index (χ3n) is 2.99. The van der Waals surface area contributed by atoms with Crippen molar-refractivity contribution in [1.82, 2.24) is 19.6 Å². The average Bonchev–Trinajstić information content (AvgIpc) is 2.84. The first-order valence-corrected chi connectivity index (χ1v) is 5.69. The predicted octanol–water partition coefficient (Wildman–Crippen LogP) is 0.0135. The van der Waals surface area contributed by atoms with Crippen molar-refractivity contribution in [2.24, 2.45) is 5.73 Å². The van der Waals surface area contributed by atoms with Crippen LogP contribution in [0.25, 0.3) is 0 Å². The van der Waals surface area contributed by atoms with Crippen LogP contribution in [-0.4, -0.2) is 59.7 Å². The second kappa shape index (κ2) is 4.65. The lowest BCUT2D eigenvalue weighted by atomic mass is 10.3. The molecule has 5 nitrogen and oxygen atoms in total. The summed E-state index contributed by atoms with van der Waals surface area (Å²) in [5.74, 6) is 0. The molecule has 0 radical (unpaired) electrons. The fourth-order valence-corrected chi connectivity index (χ4v) is 2.16. The zero-order chi connectivity index (χ0) is 11.5. The third-order valence-corrected chi connectivity index (χ3v) is 2.99. The molecule has 90 valence electrons. The van der Waals surface area contributed by atoms with Crippen LogP contribution in [0.5, 0.6) is 0 Å². The molecule has 0 amide bonds. The van der Waals surface area contributed by atoms with Gasteiger partial charge in [0, 0.05) is 38.9 Å². The Bertz CT molecular complexity index is 262. The van der Waals surface area contributed by atoms with Gasteiger partial charge >= 0.3 is 0 Å². The molecule has 2 aliphatic rings. The summed E-state index contributed by atoms with van der Waals surface area (Å²) in [7, 11) is 4.17. The van der Waals surface area contributed by atoms with E-state index in [1.165, 1.54) is 0 Å². The van der Waals surface area contributed by atoms with Gasteiger partial charge < -0.3 is 25.3 Å². The standard InChI is InChI=1S/C11H21N5/c1-13-5-7-15(9-13)11(3-4-12)16-8-6-14(2)10-16/h5-8,11H,3-4,9-10,12H2,1-2H3. The Hall–Kier alpha value is -1.36. The largest absolute Gasteiger partial charge is 0.362 e. The second-order valence-corrected chi connectivity index (χ2v) is 4.48. The molecule has 0 bridgehead atoms. The van der Waals surface area contributed by atoms with Crippen LogP contribution in [0.15, 0.2) is 24.8 Å². The van der Waals surface area contributed by atoms with Crippen LogP contribution in [0.4, 0.5) is 0 Å². The van der Waals surface area contributed by atoms with Crippen molar-refractivity contribution in [2.45, 2.75) is 12.6 Å². The minimum atomic E-state index is 0.368. The highest BCUT2D eigenvalue weighted by molar-refractivity contribution is 4.97. The van der Waals surface area contributed by atoms with Gasteiger partial charge in [-0.3, -0.25) is 0 Å². The minimum absolute atomic E-state index is 0.368. The van der Waals surface area contributed by atoms with E-state index < -0.39 is 0 Å². The molecule has 0 aliphatic carbocycles. The molecule has 0 aromatic heterocycles. The number of nitrogens with zero attached hydrogens (tertiary/aromatic N) is 4. The van der Waals surface area contributed by atoms with E-state index in [4.69, 9.17) is 5.73 Å². The molecule has 2 aliphatic heterocycles. The molecule has 2 N–H and O–H groups in total. The summed E-state index contributed by atoms with van der Waals surface area (Å²) in [5, 5.41) is 0. The Morgan fingerprint density at radius 1 is 1.00 bits per heavy atom. The van der Waals surface area contributed by atoms with E-state index >= 15 is 0 Å². The molecule has 16 heavy (non-hydrogen) atoms. The summed E-state index contributed by atoms with van der Waals surface area (Å²) in [6.07, 6.45) is 9.85. The number of nitrogens with two attached hydrogens (primary N) is 1. The maximum Gasteiger partial charge on any atom is 0.105 e. The van der Waals surface area contributed by atoms with Crippen LogP contribution in [0, 0.1) is 0 Å². The normalized spacial score (nSPS) is 19.8. The zero-order valence-electron chi connectivity index (χ0n) is 10.1. The smallest absolute Gasteiger partial charge is 0.105 e. The Kier molecular flexibility index (Phi) is 3.24. The van der Waals surface area contributed by atoms with E-state index in [0.29, 0.717) is 12.7 Å². The van der Waals surface area contributed by atoms with Crippen LogP contribution in [0.3, 0.4) is 0 Å². The van der Waals surface area contributed by atoms with E-state index in [1.807, 2.05) is 0 Å². The van der Waals surface area contributed by atoms with Gasteiger partial charge in [0.1, 0.15) is 6.17 Å². The van der Waals surface area contributed by atoms with Crippen LogP contribution in [-0.2, 0) is 0 Å². The van der Waals surface area contributed by atoms with Crippen LogP contribution in [0.1, 0.15) is 6.42 Å².